The maximum absolute atomic E-state index is 11.9. The summed E-state index contributed by atoms with van der Waals surface area (Å²) < 4.78 is 1.77. The SMILES string of the molecule is CC.CC(C)(C)c1ccn(C(C)(C)C)c(=O)c1. The Hall–Kier alpha value is -1.05. The Bertz CT molecular complexity index is 402. The Morgan fingerprint density at radius 1 is 1.00 bits per heavy atom. The van der Waals surface area contributed by atoms with E-state index in [0.717, 1.165) is 5.56 Å². The van der Waals surface area contributed by atoms with E-state index in [2.05, 4.69) is 20.8 Å². The van der Waals surface area contributed by atoms with Crippen molar-refractivity contribution in [2.45, 2.75) is 66.3 Å². The van der Waals surface area contributed by atoms with Gasteiger partial charge in [0, 0.05) is 17.8 Å². The van der Waals surface area contributed by atoms with Crippen molar-refractivity contribution in [1.82, 2.24) is 4.57 Å². The van der Waals surface area contributed by atoms with Crippen molar-refractivity contribution in [1.29, 1.82) is 0 Å². The molecule has 0 atom stereocenters. The Morgan fingerprint density at radius 2 is 1.47 bits per heavy atom. The summed E-state index contributed by atoms with van der Waals surface area (Å²) in [7, 11) is 0. The molecule has 0 saturated heterocycles. The minimum Gasteiger partial charge on any atom is -0.310 e. The van der Waals surface area contributed by atoms with E-state index < -0.39 is 0 Å². The van der Waals surface area contributed by atoms with Gasteiger partial charge in [0.2, 0.25) is 0 Å². The van der Waals surface area contributed by atoms with Gasteiger partial charge in [-0.05, 0) is 37.8 Å². The highest BCUT2D eigenvalue weighted by atomic mass is 16.1. The van der Waals surface area contributed by atoms with Crippen LogP contribution in [0.5, 0.6) is 0 Å². The topological polar surface area (TPSA) is 22.0 Å². The zero-order chi connectivity index (χ0) is 13.9. The van der Waals surface area contributed by atoms with Crippen LogP contribution in [0.25, 0.3) is 0 Å². The number of nitrogens with zero attached hydrogens (tertiary/aromatic N) is 1. The molecule has 1 heterocycles. The van der Waals surface area contributed by atoms with Crippen molar-refractivity contribution >= 4 is 0 Å². The van der Waals surface area contributed by atoms with Gasteiger partial charge in [-0.1, -0.05) is 34.6 Å². The number of aromatic nitrogens is 1. The van der Waals surface area contributed by atoms with Crippen LogP contribution in [0, 0.1) is 0 Å². The van der Waals surface area contributed by atoms with Crippen molar-refractivity contribution in [3.8, 4) is 0 Å². The first kappa shape index (κ1) is 16.0. The molecule has 0 saturated carbocycles. The smallest absolute Gasteiger partial charge is 0.251 e. The van der Waals surface area contributed by atoms with Crippen molar-refractivity contribution in [2.24, 2.45) is 0 Å². The van der Waals surface area contributed by atoms with E-state index in [1.807, 2.05) is 46.9 Å². The molecule has 0 aliphatic carbocycles. The molecule has 0 bridgehead atoms. The Labute approximate surface area is 106 Å². The molecule has 0 fully saturated rings. The molecule has 0 aromatic carbocycles. The summed E-state index contributed by atoms with van der Waals surface area (Å²) in [6.07, 6.45) is 1.89. The molecule has 0 aliphatic heterocycles. The van der Waals surface area contributed by atoms with Crippen molar-refractivity contribution in [3.05, 3.63) is 34.2 Å². The highest BCUT2D eigenvalue weighted by Gasteiger charge is 2.18. The maximum Gasteiger partial charge on any atom is 0.251 e. The molecule has 2 heteroatoms. The second-order valence-electron chi connectivity index (χ2n) is 6.04. The lowest BCUT2D eigenvalue weighted by atomic mass is 9.88. The van der Waals surface area contributed by atoms with Gasteiger partial charge in [0.1, 0.15) is 0 Å². The Kier molecular flexibility index (Phi) is 5.18. The predicted molar refractivity (Wildman–Crippen MR) is 75.7 cm³/mol. The molecule has 1 aromatic heterocycles. The summed E-state index contributed by atoms with van der Waals surface area (Å²) in [6, 6.07) is 3.78. The van der Waals surface area contributed by atoms with Gasteiger partial charge >= 0.3 is 0 Å². The minimum absolute atomic E-state index is 0.0378. The lowest BCUT2D eigenvalue weighted by Gasteiger charge is -2.25. The standard InChI is InChI=1S/C13H21NO.C2H6/c1-12(2,3)10-7-8-14(11(15)9-10)13(4,5)6;1-2/h7-9H,1-6H3;1-2H3. The summed E-state index contributed by atoms with van der Waals surface area (Å²) in [5.41, 5.74) is 1.06. The van der Waals surface area contributed by atoms with Crippen LogP contribution in [-0.2, 0) is 11.0 Å². The van der Waals surface area contributed by atoms with Gasteiger partial charge in [-0.25, -0.2) is 0 Å². The fraction of sp³-hybridized carbons (Fsp3) is 0.667. The zero-order valence-corrected chi connectivity index (χ0v) is 12.6. The third-order valence-electron chi connectivity index (χ3n) is 2.51. The molecule has 0 amide bonds. The Morgan fingerprint density at radius 3 is 1.76 bits per heavy atom. The number of pyridine rings is 1. The Balaban J connectivity index is 0.00000121. The average Bonchev–Trinajstić information content (AvgIpc) is 2.17. The van der Waals surface area contributed by atoms with Crippen LogP contribution in [0.1, 0.15) is 61.0 Å². The van der Waals surface area contributed by atoms with Gasteiger partial charge in [-0.2, -0.15) is 0 Å². The van der Waals surface area contributed by atoms with Gasteiger partial charge < -0.3 is 4.57 Å². The van der Waals surface area contributed by atoms with E-state index in [9.17, 15) is 4.79 Å². The molecule has 1 aromatic rings. The lowest BCUT2D eigenvalue weighted by Crippen LogP contribution is -2.33. The highest BCUT2D eigenvalue weighted by molar-refractivity contribution is 5.20. The molecular formula is C15H27NO. The molecule has 2 nitrogen and oxygen atoms in total. The molecule has 0 N–H and O–H groups in total. The van der Waals surface area contributed by atoms with Gasteiger partial charge in [0.05, 0.1) is 0 Å². The lowest BCUT2D eigenvalue weighted by molar-refractivity contribution is 0.382. The quantitative estimate of drug-likeness (QED) is 0.670. The summed E-state index contributed by atoms with van der Waals surface area (Å²) >= 11 is 0. The van der Waals surface area contributed by atoms with E-state index in [1.54, 1.807) is 10.6 Å². The van der Waals surface area contributed by atoms with Crippen LogP contribution in [-0.4, -0.2) is 4.57 Å². The normalized spacial score (nSPS) is 11.8. The first-order chi connectivity index (χ1) is 7.62. The monoisotopic (exact) mass is 237 g/mol. The van der Waals surface area contributed by atoms with E-state index in [4.69, 9.17) is 0 Å². The van der Waals surface area contributed by atoms with Gasteiger partial charge in [0.25, 0.3) is 5.56 Å². The molecule has 98 valence electrons. The van der Waals surface area contributed by atoms with E-state index >= 15 is 0 Å². The number of hydrogen-bond donors (Lipinski definition) is 0. The third-order valence-corrected chi connectivity index (χ3v) is 2.51. The van der Waals surface area contributed by atoms with E-state index in [0.29, 0.717) is 0 Å². The molecule has 0 aliphatic rings. The zero-order valence-electron chi connectivity index (χ0n) is 12.6. The molecule has 1 rings (SSSR count). The van der Waals surface area contributed by atoms with Crippen molar-refractivity contribution < 1.29 is 0 Å². The van der Waals surface area contributed by atoms with Gasteiger partial charge in [0.15, 0.2) is 0 Å². The van der Waals surface area contributed by atoms with Crippen molar-refractivity contribution in [2.75, 3.05) is 0 Å². The summed E-state index contributed by atoms with van der Waals surface area (Å²) in [4.78, 5) is 11.9. The first-order valence-electron chi connectivity index (χ1n) is 6.36. The third kappa shape index (κ3) is 4.37. The molecule has 0 spiro atoms. The largest absolute Gasteiger partial charge is 0.310 e. The fourth-order valence-electron chi connectivity index (χ4n) is 1.50. The van der Waals surface area contributed by atoms with Gasteiger partial charge in [-0.15, -0.1) is 0 Å². The number of hydrogen-bond acceptors (Lipinski definition) is 1. The second kappa shape index (κ2) is 5.52. The predicted octanol–water partition coefficient (Wildman–Crippen LogP) is 3.93. The van der Waals surface area contributed by atoms with E-state index in [-0.39, 0.29) is 16.5 Å². The second-order valence-corrected chi connectivity index (χ2v) is 6.04. The van der Waals surface area contributed by atoms with Crippen LogP contribution in [0.4, 0.5) is 0 Å². The van der Waals surface area contributed by atoms with Crippen LogP contribution in [0.15, 0.2) is 23.1 Å². The van der Waals surface area contributed by atoms with Crippen LogP contribution in [0.3, 0.4) is 0 Å². The van der Waals surface area contributed by atoms with Crippen LogP contribution in [0.2, 0.25) is 0 Å². The maximum atomic E-state index is 11.9. The molecule has 0 unspecified atom stereocenters. The van der Waals surface area contributed by atoms with E-state index in [1.165, 1.54) is 0 Å². The summed E-state index contributed by atoms with van der Waals surface area (Å²) in [6.45, 7) is 16.4. The van der Waals surface area contributed by atoms with Crippen LogP contribution < -0.4 is 5.56 Å². The highest BCUT2D eigenvalue weighted by Crippen LogP contribution is 2.21. The summed E-state index contributed by atoms with van der Waals surface area (Å²) in [5, 5.41) is 0. The van der Waals surface area contributed by atoms with Gasteiger partial charge in [-0.3, -0.25) is 4.79 Å². The average molecular weight is 237 g/mol. The molecule has 0 radical (unpaired) electrons. The van der Waals surface area contributed by atoms with Crippen molar-refractivity contribution in [3.63, 3.8) is 0 Å². The van der Waals surface area contributed by atoms with Crippen LogP contribution >= 0.6 is 0 Å². The summed E-state index contributed by atoms with van der Waals surface area (Å²) in [5.74, 6) is 0. The molecular weight excluding hydrogens is 210 g/mol. The number of rotatable bonds is 0. The fourth-order valence-corrected chi connectivity index (χ4v) is 1.50. The molecule has 17 heavy (non-hydrogen) atoms. The minimum atomic E-state index is -0.145. The first-order valence-corrected chi connectivity index (χ1v) is 6.36.